The van der Waals surface area contributed by atoms with Crippen molar-refractivity contribution in [2.45, 2.75) is 45.6 Å². The number of nitrogens with zero attached hydrogens (tertiary/aromatic N) is 1. The van der Waals surface area contributed by atoms with E-state index in [1.807, 2.05) is 20.8 Å². The second-order valence-corrected chi connectivity index (χ2v) is 7.02. The van der Waals surface area contributed by atoms with Gasteiger partial charge in [0.25, 0.3) is 0 Å². The molecule has 2 fully saturated rings. The molecular formula is C14H24N2O4. The normalized spacial score (nSPS) is 28.3. The first-order valence-electron chi connectivity index (χ1n) is 7.07. The van der Waals surface area contributed by atoms with Gasteiger partial charge in [-0.15, -0.1) is 0 Å². The monoisotopic (exact) mass is 284 g/mol. The zero-order valence-corrected chi connectivity index (χ0v) is 12.4. The van der Waals surface area contributed by atoms with Crippen LogP contribution in [0.4, 0.5) is 4.79 Å². The Bertz CT molecular complexity index is 421. The molecule has 114 valence electrons. The number of carboxylic acid groups (broad SMARTS) is 1. The molecule has 20 heavy (non-hydrogen) atoms. The number of rotatable bonds is 2. The van der Waals surface area contributed by atoms with Gasteiger partial charge in [-0.05, 0) is 45.4 Å². The van der Waals surface area contributed by atoms with E-state index < -0.39 is 17.0 Å². The number of hydrogen-bond donors (Lipinski definition) is 2. The SMILES string of the molecule is CC(C)(C)OC(=O)N1CCC2(CC1)C[C@]2(CN)C(=O)O. The molecule has 1 saturated heterocycles. The first kappa shape index (κ1) is 15.1. The lowest BCUT2D eigenvalue weighted by Gasteiger charge is -2.35. The lowest BCUT2D eigenvalue weighted by molar-refractivity contribution is -0.145. The second kappa shape index (κ2) is 4.62. The van der Waals surface area contributed by atoms with Crippen molar-refractivity contribution in [3.05, 3.63) is 0 Å². The van der Waals surface area contributed by atoms with Gasteiger partial charge in [0.1, 0.15) is 5.60 Å². The van der Waals surface area contributed by atoms with Gasteiger partial charge in [0.15, 0.2) is 0 Å². The molecule has 2 rings (SSSR count). The van der Waals surface area contributed by atoms with Crippen LogP contribution in [-0.2, 0) is 9.53 Å². The van der Waals surface area contributed by atoms with Crippen LogP contribution in [0.1, 0.15) is 40.0 Å². The zero-order valence-electron chi connectivity index (χ0n) is 12.4. The summed E-state index contributed by atoms with van der Waals surface area (Å²) in [6, 6.07) is 0. The summed E-state index contributed by atoms with van der Waals surface area (Å²) in [6.07, 6.45) is 1.70. The molecule has 0 aromatic rings. The molecule has 1 amide bonds. The molecule has 1 heterocycles. The molecule has 3 N–H and O–H groups in total. The molecular weight excluding hydrogens is 260 g/mol. The summed E-state index contributed by atoms with van der Waals surface area (Å²) in [4.78, 5) is 25.0. The van der Waals surface area contributed by atoms with Crippen LogP contribution in [0.3, 0.4) is 0 Å². The second-order valence-electron chi connectivity index (χ2n) is 7.02. The molecule has 0 aromatic carbocycles. The standard InChI is InChI=1S/C14H24N2O4/c1-12(2,3)20-11(19)16-6-4-13(5-7-16)8-14(13,9-15)10(17)18/h4-9,15H2,1-3H3,(H,17,18)/t14-/m0/s1. The van der Waals surface area contributed by atoms with Crippen molar-refractivity contribution in [2.24, 2.45) is 16.6 Å². The van der Waals surface area contributed by atoms with Crippen LogP contribution in [-0.4, -0.2) is 47.3 Å². The molecule has 6 nitrogen and oxygen atoms in total. The molecule has 1 aliphatic carbocycles. The zero-order chi connectivity index (χ0) is 15.2. The van der Waals surface area contributed by atoms with Gasteiger partial charge in [-0.25, -0.2) is 4.79 Å². The highest BCUT2D eigenvalue weighted by molar-refractivity contribution is 5.80. The summed E-state index contributed by atoms with van der Waals surface area (Å²) in [6.45, 7) is 6.77. The molecule has 0 bridgehead atoms. The molecule has 0 unspecified atom stereocenters. The van der Waals surface area contributed by atoms with E-state index in [1.165, 1.54) is 0 Å². The van der Waals surface area contributed by atoms with Crippen LogP contribution in [0.25, 0.3) is 0 Å². The predicted octanol–water partition coefficient (Wildman–Crippen LogP) is 1.44. The van der Waals surface area contributed by atoms with Gasteiger partial charge < -0.3 is 20.5 Å². The van der Waals surface area contributed by atoms with Crippen LogP contribution < -0.4 is 5.73 Å². The Kier molecular flexibility index (Phi) is 3.48. The number of aliphatic carboxylic acids is 1. The summed E-state index contributed by atoms with van der Waals surface area (Å²) in [5.41, 5.74) is 4.17. The summed E-state index contributed by atoms with van der Waals surface area (Å²) < 4.78 is 5.34. The summed E-state index contributed by atoms with van der Waals surface area (Å²) in [5, 5.41) is 9.36. The smallest absolute Gasteiger partial charge is 0.410 e. The van der Waals surface area contributed by atoms with Crippen molar-refractivity contribution in [1.82, 2.24) is 4.90 Å². The molecule has 1 spiro atoms. The highest BCUT2D eigenvalue weighted by atomic mass is 16.6. The van der Waals surface area contributed by atoms with Gasteiger partial charge in [0, 0.05) is 19.6 Å². The van der Waals surface area contributed by atoms with E-state index in [0.29, 0.717) is 32.4 Å². The van der Waals surface area contributed by atoms with E-state index in [2.05, 4.69) is 0 Å². The van der Waals surface area contributed by atoms with Crippen LogP contribution in [0, 0.1) is 10.8 Å². The number of carboxylic acids is 1. The lowest BCUT2D eigenvalue weighted by Crippen LogP contribution is -2.44. The Hall–Kier alpha value is -1.30. The Morgan fingerprint density at radius 1 is 1.30 bits per heavy atom. The van der Waals surface area contributed by atoms with Crippen molar-refractivity contribution < 1.29 is 19.4 Å². The Morgan fingerprint density at radius 2 is 1.85 bits per heavy atom. The molecule has 1 atom stereocenters. The number of likely N-dealkylation sites (tertiary alicyclic amines) is 1. The van der Waals surface area contributed by atoms with Gasteiger partial charge in [0.2, 0.25) is 0 Å². The molecule has 1 saturated carbocycles. The highest BCUT2D eigenvalue weighted by Crippen LogP contribution is 2.68. The highest BCUT2D eigenvalue weighted by Gasteiger charge is 2.71. The largest absolute Gasteiger partial charge is 0.481 e. The fraction of sp³-hybridized carbons (Fsp3) is 0.857. The van der Waals surface area contributed by atoms with Crippen molar-refractivity contribution in [1.29, 1.82) is 0 Å². The van der Waals surface area contributed by atoms with Gasteiger partial charge >= 0.3 is 12.1 Å². The number of amides is 1. The third-order valence-electron chi connectivity index (χ3n) is 4.66. The third kappa shape index (κ3) is 2.37. The average Bonchev–Trinajstić information content (AvgIpc) is 2.97. The third-order valence-corrected chi connectivity index (χ3v) is 4.66. The minimum Gasteiger partial charge on any atom is -0.481 e. The number of nitrogens with two attached hydrogens (primary N) is 1. The minimum atomic E-state index is -0.800. The molecule has 0 radical (unpaired) electrons. The average molecular weight is 284 g/mol. The van der Waals surface area contributed by atoms with Crippen molar-refractivity contribution in [2.75, 3.05) is 19.6 Å². The number of carbonyl (C=O) groups is 2. The van der Waals surface area contributed by atoms with E-state index in [4.69, 9.17) is 10.5 Å². The summed E-state index contributed by atoms with van der Waals surface area (Å²) >= 11 is 0. The topological polar surface area (TPSA) is 92.9 Å². The minimum absolute atomic E-state index is 0.175. The fourth-order valence-electron chi connectivity index (χ4n) is 3.31. The van der Waals surface area contributed by atoms with Crippen LogP contribution in [0.5, 0.6) is 0 Å². The number of ether oxygens (including phenoxy) is 1. The van der Waals surface area contributed by atoms with Crippen molar-refractivity contribution in [3.63, 3.8) is 0 Å². The number of carbonyl (C=O) groups excluding carboxylic acids is 1. The maximum Gasteiger partial charge on any atom is 0.410 e. The van der Waals surface area contributed by atoms with Crippen LogP contribution in [0.2, 0.25) is 0 Å². The predicted molar refractivity (Wildman–Crippen MR) is 73.2 cm³/mol. The number of hydrogen-bond acceptors (Lipinski definition) is 4. The summed E-state index contributed by atoms with van der Waals surface area (Å²) in [7, 11) is 0. The van der Waals surface area contributed by atoms with E-state index in [9.17, 15) is 14.7 Å². The maximum atomic E-state index is 12.0. The van der Waals surface area contributed by atoms with E-state index >= 15 is 0 Å². The lowest BCUT2D eigenvalue weighted by atomic mass is 9.84. The molecule has 6 heteroatoms. The maximum absolute atomic E-state index is 12.0. The Morgan fingerprint density at radius 3 is 2.20 bits per heavy atom. The fourth-order valence-corrected chi connectivity index (χ4v) is 3.31. The Balaban J connectivity index is 1.94. The van der Waals surface area contributed by atoms with E-state index in [0.717, 1.165) is 0 Å². The summed E-state index contributed by atoms with van der Waals surface area (Å²) in [5.74, 6) is -0.800. The van der Waals surface area contributed by atoms with Gasteiger partial charge in [-0.3, -0.25) is 4.79 Å². The molecule has 0 aromatic heterocycles. The van der Waals surface area contributed by atoms with Crippen molar-refractivity contribution in [3.8, 4) is 0 Å². The van der Waals surface area contributed by atoms with Crippen LogP contribution >= 0.6 is 0 Å². The molecule has 2 aliphatic rings. The van der Waals surface area contributed by atoms with E-state index in [1.54, 1.807) is 4.90 Å². The first-order valence-corrected chi connectivity index (χ1v) is 7.07. The van der Waals surface area contributed by atoms with Gasteiger partial charge in [0.05, 0.1) is 5.41 Å². The van der Waals surface area contributed by atoms with Gasteiger partial charge in [-0.2, -0.15) is 0 Å². The molecule has 1 aliphatic heterocycles. The Labute approximate surface area is 119 Å². The van der Waals surface area contributed by atoms with Crippen molar-refractivity contribution >= 4 is 12.1 Å². The van der Waals surface area contributed by atoms with Crippen LogP contribution in [0.15, 0.2) is 0 Å². The number of piperidine rings is 1. The quantitative estimate of drug-likeness (QED) is 0.800. The van der Waals surface area contributed by atoms with E-state index in [-0.39, 0.29) is 18.1 Å². The van der Waals surface area contributed by atoms with Gasteiger partial charge in [-0.1, -0.05) is 0 Å². The first-order chi connectivity index (χ1) is 9.16.